The van der Waals surface area contributed by atoms with Crippen molar-refractivity contribution in [2.45, 2.75) is 19.3 Å². The number of rotatable bonds is 0. The van der Waals surface area contributed by atoms with E-state index in [9.17, 15) is 13.2 Å². The molecule has 1 spiro atoms. The smallest absolute Gasteiger partial charge is 0.306 e. The van der Waals surface area contributed by atoms with Gasteiger partial charge in [-0.1, -0.05) is 0 Å². The van der Waals surface area contributed by atoms with Crippen LogP contribution in [0.5, 0.6) is 0 Å². The Labute approximate surface area is 77.2 Å². The van der Waals surface area contributed by atoms with Gasteiger partial charge in [0.2, 0.25) is 0 Å². The molecule has 0 aromatic heterocycles. The van der Waals surface area contributed by atoms with Crippen LogP contribution in [0.3, 0.4) is 0 Å². The van der Waals surface area contributed by atoms with Crippen LogP contribution in [-0.2, 0) is 19.4 Å². The van der Waals surface area contributed by atoms with Crippen LogP contribution in [-0.4, -0.2) is 32.5 Å². The second kappa shape index (κ2) is 2.70. The first-order valence-electron chi connectivity index (χ1n) is 4.38. The van der Waals surface area contributed by atoms with Crippen LogP contribution in [0, 0.1) is 5.41 Å². The Morgan fingerprint density at radius 1 is 1.23 bits per heavy atom. The average Bonchev–Trinajstić information content (AvgIpc) is 2.41. The van der Waals surface area contributed by atoms with E-state index in [1.165, 1.54) is 0 Å². The van der Waals surface area contributed by atoms with Crippen molar-refractivity contribution in [2.24, 2.45) is 5.41 Å². The van der Waals surface area contributed by atoms with Gasteiger partial charge in [0, 0.05) is 5.41 Å². The highest BCUT2D eigenvalue weighted by atomic mass is 32.2. The van der Waals surface area contributed by atoms with Crippen LogP contribution in [0.15, 0.2) is 0 Å². The Kier molecular flexibility index (Phi) is 1.87. The third-order valence-corrected chi connectivity index (χ3v) is 4.60. The summed E-state index contributed by atoms with van der Waals surface area (Å²) in [6.45, 7) is 0.418. The second-order valence-electron chi connectivity index (χ2n) is 3.99. The molecule has 0 saturated carbocycles. The first kappa shape index (κ1) is 8.99. The Balaban J connectivity index is 2.09. The minimum absolute atomic E-state index is 0.150. The summed E-state index contributed by atoms with van der Waals surface area (Å²) < 4.78 is 27.2. The van der Waals surface area contributed by atoms with Gasteiger partial charge in [0.05, 0.1) is 24.5 Å². The average molecular weight is 204 g/mol. The summed E-state index contributed by atoms with van der Waals surface area (Å²) >= 11 is 0. The lowest BCUT2D eigenvalue weighted by Gasteiger charge is -2.29. The molecule has 2 aliphatic rings. The molecule has 0 bridgehead atoms. The maximum atomic E-state index is 11.1. The first-order chi connectivity index (χ1) is 6.02. The molecule has 0 amide bonds. The highest BCUT2D eigenvalue weighted by molar-refractivity contribution is 7.91. The summed E-state index contributed by atoms with van der Waals surface area (Å²) in [7, 11) is -2.83. The largest absolute Gasteiger partial charge is 0.465 e. The molecule has 2 saturated heterocycles. The molecule has 74 valence electrons. The molecule has 2 rings (SSSR count). The molecule has 0 aliphatic carbocycles. The molecule has 0 radical (unpaired) electrons. The van der Waals surface area contributed by atoms with Gasteiger partial charge in [-0.15, -0.1) is 0 Å². The van der Waals surface area contributed by atoms with Gasteiger partial charge >= 0.3 is 5.97 Å². The van der Waals surface area contributed by atoms with Crippen LogP contribution in [0.4, 0.5) is 0 Å². The molecule has 0 aromatic rings. The number of carbonyl (C=O) groups is 1. The van der Waals surface area contributed by atoms with Crippen molar-refractivity contribution in [3.8, 4) is 0 Å². The summed E-state index contributed by atoms with van der Waals surface area (Å²) in [6.07, 6.45) is 1.57. The quantitative estimate of drug-likeness (QED) is 0.526. The van der Waals surface area contributed by atoms with Gasteiger partial charge in [0.25, 0.3) is 0 Å². The fourth-order valence-corrected chi connectivity index (χ4v) is 3.63. The Morgan fingerprint density at radius 2 is 1.85 bits per heavy atom. The SMILES string of the molecule is O=C1CC2(CCS(=O)(=O)CC2)CO1. The minimum atomic E-state index is -2.83. The van der Waals surface area contributed by atoms with E-state index >= 15 is 0 Å². The molecule has 4 nitrogen and oxygen atoms in total. The van der Waals surface area contributed by atoms with Crippen LogP contribution < -0.4 is 0 Å². The van der Waals surface area contributed by atoms with Crippen molar-refractivity contribution in [3.63, 3.8) is 0 Å². The molecule has 0 unspecified atom stereocenters. The number of ether oxygens (including phenoxy) is 1. The number of hydrogen-bond acceptors (Lipinski definition) is 4. The van der Waals surface area contributed by atoms with E-state index in [0.29, 0.717) is 25.9 Å². The van der Waals surface area contributed by atoms with Crippen LogP contribution >= 0.6 is 0 Å². The molecule has 2 aliphatic heterocycles. The third-order valence-electron chi connectivity index (χ3n) is 2.95. The van der Waals surface area contributed by atoms with Crippen molar-refractivity contribution in [1.29, 1.82) is 0 Å². The van der Waals surface area contributed by atoms with Gasteiger partial charge in [-0.25, -0.2) is 8.42 Å². The fraction of sp³-hybridized carbons (Fsp3) is 0.875. The first-order valence-corrected chi connectivity index (χ1v) is 6.20. The molecular formula is C8H12O4S. The van der Waals surface area contributed by atoms with Crippen LogP contribution in [0.2, 0.25) is 0 Å². The molecular weight excluding hydrogens is 192 g/mol. The zero-order valence-electron chi connectivity index (χ0n) is 7.28. The van der Waals surface area contributed by atoms with Crippen molar-refractivity contribution in [3.05, 3.63) is 0 Å². The Morgan fingerprint density at radius 3 is 2.31 bits per heavy atom. The van der Waals surface area contributed by atoms with E-state index in [1.807, 2.05) is 0 Å². The van der Waals surface area contributed by atoms with E-state index in [1.54, 1.807) is 0 Å². The number of sulfone groups is 1. The lowest BCUT2D eigenvalue weighted by atomic mass is 9.81. The van der Waals surface area contributed by atoms with Gasteiger partial charge in [-0.05, 0) is 12.8 Å². The van der Waals surface area contributed by atoms with Gasteiger partial charge in [0.15, 0.2) is 0 Å². The summed E-state index contributed by atoms with van der Waals surface area (Å²) in [6, 6.07) is 0. The predicted octanol–water partition coefficient (Wildman–Crippen LogP) is 0.128. The number of carbonyl (C=O) groups excluding carboxylic acids is 1. The fourth-order valence-electron chi connectivity index (χ4n) is 1.93. The summed E-state index contributed by atoms with van der Waals surface area (Å²) in [5.41, 5.74) is -0.150. The highest BCUT2D eigenvalue weighted by Gasteiger charge is 2.44. The summed E-state index contributed by atoms with van der Waals surface area (Å²) in [4.78, 5) is 10.9. The standard InChI is InChI=1S/C8H12O4S/c9-7-5-8(6-12-7)1-3-13(10,11)4-2-8/h1-6H2. The molecule has 0 N–H and O–H groups in total. The number of esters is 1. The van der Waals surface area contributed by atoms with Crippen LogP contribution in [0.25, 0.3) is 0 Å². The molecule has 0 atom stereocenters. The molecule has 0 aromatic carbocycles. The van der Waals surface area contributed by atoms with Gasteiger partial charge in [0.1, 0.15) is 9.84 Å². The van der Waals surface area contributed by atoms with E-state index in [-0.39, 0.29) is 22.9 Å². The minimum Gasteiger partial charge on any atom is -0.465 e. The van der Waals surface area contributed by atoms with E-state index in [2.05, 4.69) is 0 Å². The van der Waals surface area contributed by atoms with Crippen molar-refractivity contribution in [2.75, 3.05) is 18.1 Å². The van der Waals surface area contributed by atoms with Crippen molar-refractivity contribution < 1.29 is 17.9 Å². The molecule has 2 heterocycles. The van der Waals surface area contributed by atoms with Crippen LogP contribution in [0.1, 0.15) is 19.3 Å². The highest BCUT2D eigenvalue weighted by Crippen LogP contribution is 2.40. The summed E-state index contributed by atoms with van der Waals surface area (Å²) in [5, 5.41) is 0. The topological polar surface area (TPSA) is 60.4 Å². The van der Waals surface area contributed by atoms with E-state index < -0.39 is 9.84 Å². The van der Waals surface area contributed by atoms with E-state index in [4.69, 9.17) is 4.74 Å². The van der Waals surface area contributed by atoms with E-state index in [0.717, 1.165) is 0 Å². The van der Waals surface area contributed by atoms with Crippen molar-refractivity contribution in [1.82, 2.24) is 0 Å². The maximum absolute atomic E-state index is 11.1. The van der Waals surface area contributed by atoms with Gasteiger partial charge in [-0.2, -0.15) is 0 Å². The normalized spacial score (nSPS) is 30.3. The summed E-state index contributed by atoms with van der Waals surface area (Å²) in [5.74, 6) is 0.243. The molecule has 13 heavy (non-hydrogen) atoms. The predicted molar refractivity (Wildman–Crippen MR) is 45.9 cm³/mol. The monoisotopic (exact) mass is 204 g/mol. The zero-order valence-corrected chi connectivity index (χ0v) is 8.10. The van der Waals surface area contributed by atoms with Gasteiger partial charge in [-0.3, -0.25) is 4.79 Å². The Bertz CT molecular complexity index is 316. The zero-order chi connectivity index (χ0) is 9.53. The lowest BCUT2D eigenvalue weighted by Crippen LogP contribution is -2.33. The second-order valence-corrected chi connectivity index (χ2v) is 6.29. The maximum Gasteiger partial charge on any atom is 0.306 e. The molecule has 5 heteroatoms. The Hall–Kier alpha value is -0.580. The molecule has 2 fully saturated rings. The number of hydrogen-bond donors (Lipinski definition) is 0. The lowest BCUT2D eigenvalue weighted by molar-refractivity contribution is -0.137. The van der Waals surface area contributed by atoms with Crippen molar-refractivity contribution >= 4 is 15.8 Å². The third kappa shape index (κ3) is 1.70. The number of cyclic esters (lactones) is 1. The van der Waals surface area contributed by atoms with Gasteiger partial charge < -0.3 is 4.74 Å².